The highest BCUT2D eigenvalue weighted by molar-refractivity contribution is 6.16. The first-order chi connectivity index (χ1) is 13.4. The molecule has 28 heavy (non-hydrogen) atoms. The third-order valence-corrected chi connectivity index (χ3v) is 4.34. The Hall–Kier alpha value is -3.66. The highest BCUT2D eigenvalue weighted by Gasteiger charge is 2.16. The predicted molar refractivity (Wildman–Crippen MR) is 111 cm³/mol. The van der Waals surface area contributed by atoms with Crippen molar-refractivity contribution in [3.63, 3.8) is 0 Å². The fourth-order valence-corrected chi connectivity index (χ4v) is 2.68. The van der Waals surface area contributed by atoms with Crippen LogP contribution in [0.25, 0.3) is 0 Å². The van der Waals surface area contributed by atoms with Crippen molar-refractivity contribution in [2.45, 2.75) is 13.8 Å². The van der Waals surface area contributed by atoms with E-state index >= 15 is 0 Å². The monoisotopic (exact) mass is 371 g/mol. The van der Waals surface area contributed by atoms with Gasteiger partial charge in [-0.2, -0.15) is 0 Å². The number of para-hydroxylation sites is 2. The van der Waals surface area contributed by atoms with Crippen LogP contribution in [0.4, 0.5) is 5.69 Å². The second-order valence-electron chi connectivity index (χ2n) is 6.63. The number of allylic oxidation sites excluding steroid dienone is 2. The van der Waals surface area contributed by atoms with Crippen LogP contribution in [0.15, 0.2) is 84.6 Å². The van der Waals surface area contributed by atoms with Crippen molar-refractivity contribution in [1.29, 1.82) is 0 Å². The van der Waals surface area contributed by atoms with Crippen molar-refractivity contribution in [3.8, 4) is 5.75 Å². The van der Waals surface area contributed by atoms with Gasteiger partial charge in [-0.25, -0.2) is 0 Å². The average molecular weight is 371 g/mol. The van der Waals surface area contributed by atoms with E-state index in [0.29, 0.717) is 16.8 Å². The lowest BCUT2D eigenvalue weighted by Crippen LogP contribution is -2.14. The molecule has 0 heterocycles. The molecule has 0 amide bonds. The second kappa shape index (κ2) is 8.35. The number of aryl methyl sites for hydroxylation is 2. The molecule has 0 aliphatic rings. The molecule has 0 radical (unpaired) electrons. The Bertz CT molecular complexity index is 1030. The fraction of sp³-hybridized carbons (Fsp3) is 0.0833. The van der Waals surface area contributed by atoms with E-state index < -0.39 is 0 Å². The van der Waals surface area contributed by atoms with E-state index in [2.05, 4.69) is 5.32 Å². The van der Waals surface area contributed by atoms with E-state index in [9.17, 15) is 14.7 Å². The maximum Gasteiger partial charge on any atom is 0.209 e. The molecule has 0 aliphatic carbocycles. The summed E-state index contributed by atoms with van der Waals surface area (Å²) in [4.78, 5) is 25.7. The van der Waals surface area contributed by atoms with Crippen molar-refractivity contribution in [2.75, 3.05) is 5.32 Å². The molecule has 0 fully saturated rings. The molecule has 4 nitrogen and oxygen atoms in total. The first-order valence-electron chi connectivity index (χ1n) is 8.93. The summed E-state index contributed by atoms with van der Waals surface area (Å²) in [5, 5.41) is 13.0. The Morgan fingerprint density at radius 1 is 0.786 bits per heavy atom. The quantitative estimate of drug-likeness (QED) is 0.361. The Morgan fingerprint density at radius 3 is 1.89 bits per heavy atom. The van der Waals surface area contributed by atoms with Crippen molar-refractivity contribution >= 4 is 17.3 Å². The zero-order chi connectivity index (χ0) is 20.1. The number of phenolic OH excluding ortho intramolecular Hbond substituents is 1. The summed E-state index contributed by atoms with van der Waals surface area (Å²) in [6.45, 7) is 3.88. The van der Waals surface area contributed by atoms with Crippen molar-refractivity contribution in [3.05, 3.63) is 107 Å². The molecule has 3 rings (SSSR count). The van der Waals surface area contributed by atoms with Crippen LogP contribution in [0.5, 0.6) is 5.75 Å². The molecule has 0 atom stereocenters. The fourth-order valence-electron chi connectivity index (χ4n) is 2.68. The molecule has 0 spiro atoms. The van der Waals surface area contributed by atoms with Crippen LogP contribution in [0.3, 0.4) is 0 Å². The van der Waals surface area contributed by atoms with Crippen LogP contribution in [0, 0.1) is 13.8 Å². The summed E-state index contributed by atoms with van der Waals surface area (Å²) >= 11 is 0. The molecule has 0 unspecified atom stereocenters. The first-order valence-corrected chi connectivity index (χ1v) is 8.93. The van der Waals surface area contributed by atoms with Crippen LogP contribution >= 0.6 is 0 Å². The standard InChI is InChI=1S/C24H21NO3/c1-16-7-11-18(12-8-16)23(27)15-21(25-20-5-3-4-6-22(20)26)24(28)19-13-9-17(2)10-14-19/h3-15,25-26H,1-2H3/b21-15-. The maximum absolute atomic E-state index is 13.0. The zero-order valence-electron chi connectivity index (χ0n) is 15.8. The van der Waals surface area contributed by atoms with Gasteiger partial charge in [0, 0.05) is 17.2 Å². The lowest BCUT2D eigenvalue weighted by Gasteiger charge is -2.12. The second-order valence-corrected chi connectivity index (χ2v) is 6.63. The van der Waals surface area contributed by atoms with Gasteiger partial charge < -0.3 is 10.4 Å². The number of ketones is 2. The van der Waals surface area contributed by atoms with E-state index in [-0.39, 0.29) is 23.0 Å². The molecule has 0 bridgehead atoms. The summed E-state index contributed by atoms with van der Waals surface area (Å²) in [7, 11) is 0. The van der Waals surface area contributed by atoms with Gasteiger partial charge in [0.15, 0.2) is 5.78 Å². The van der Waals surface area contributed by atoms with Gasteiger partial charge in [0.25, 0.3) is 0 Å². The summed E-state index contributed by atoms with van der Waals surface area (Å²) in [6.07, 6.45) is 1.28. The number of nitrogens with one attached hydrogen (secondary N) is 1. The number of anilines is 1. The Kier molecular flexibility index (Phi) is 5.70. The molecule has 0 aromatic heterocycles. The number of carbonyl (C=O) groups is 2. The molecular weight excluding hydrogens is 350 g/mol. The van der Waals surface area contributed by atoms with Gasteiger partial charge in [-0.15, -0.1) is 0 Å². The number of hydrogen-bond donors (Lipinski definition) is 2. The minimum atomic E-state index is -0.330. The summed E-state index contributed by atoms with van der Waals surface area (Å²) in [6, 6.07) is 20.8. The highest BCUT2D eigenvalue weighted by atomic mass is 16.3. The highest BCUT2D eigenvalue weighted by Crippen LogP contribution is 2.24. The molecule has 3 aromatic rings. The Labute approximate surface area is 164 Å². The lowest BCUT2D eigenvalue weighted by molar-refractivity contribution is 0.101. The normalized spacial score (nSPS) is 11.1. The van der Waals surface area contributed by atoms with Crippen molar-refractivity contribution in [2.24, 2.45) is 0 Å². The van der Waals surface area contributed by atoms with E-state index in [4.69, 9.17) is 0 Å². The molecule has 0 saturated carbocycles. The molecular formula is C24H21NO3. The molecule has 0 saturated heterocycles. The minimum Gasteiger partial charge on any atom is -0.506 e. The smallest absolute Gasteiger partial charge is 0.209 e. The summed E-state index contributed by atoms with van der Waals surface area (Å²) in [5.74, 6) is -0.630. The van der Waals surface area contributed by atoms with Crippen LogP contribution in [-0.4, -0.2) is 16.7 Å². The van der Waals surface area contributed by atoms with Crippen LogP contribution in [0.2, 0.25) is 0 Å². The van der Waals surface area contributed by atoms with Crippen molar-refractivity contribution in [1.82, 2.24) is 0 Å². The topological polar surface area (TPSA) is 66.4 Å². The summed E-state index contributed by atoms with van der Waals surface area (Å²) < 4.78 is 0. The van der Waals surface area contributed by atoms with Crippen LogP contribution < -0.4 is 5.32 Å². The third-order valence-electron chi connectivity index (χ3n) is 4.34. The van der Waals surface area contributed by atoms with E-state index in [0.717, 1.165) is 11.1 Å². The molecule has 2 N–H and O–H groups in total. The Balaban J connectivity index is 1.99. The first kappa shape index (κ1) is 19.1. The molecule has 140 valence electrons. The number of Topliss-reactive ketones (excluding diaryl/α,β-unsaturated/α-hetero) is 1. The number of phenols is 1. The minimum absolute atomic E-state index is 0.00658. The zero-order valence-corrected chi connectivity index (χ0v) is 15.8. The van der Waals surface area contributed by atoms with Gasteiger partial charge in [-0.1, -0.05) is 71.8 Å². The SMILES string of the molecule is Cc1ccc(C(=O)/C=C(\Nc2ccccc2O)C(=O)c2ccc(C)cc2)cc1. The maximum atomic E-state index is 13.0. The number of benzene rings is 3. The van der Waals surface area contributed by atoms with E-state index in [1.165, 1.54) is 12.1 Å². The van der Waals surface area contributed by atoms with E-state index in [1.54, 1.807) is 42.5 Å². The predicted octanol–water partition coefficient (Wildman–Crippen LogP) is 5.07. The van der Waals surface area contributed by atoms with E-state index in [1.807, 2.05) is 38.1 Å². The number of rotatable bonds is 6. The largest absolute Gasteiger partial charge is 0.506 e. The molecule has 0 aliphatic heterocycles. The molecule has 4 heteroatoms. The van der Waals surface area contributed by atoms with Gasteiger partial charge in [0.2, 0.25) is 5.78 Å². The van der Waals surface area contributed by atoms with Crippen LogP contribution in [0.1, 0.15) is 31.8 Å². The average Bonchev–Trinajstić information content (AvgIpc) is 2.69. The Morgan fingerprint density at radius 2 is 1.32 bits per heavy atom. The molecule has 3 aromatic carbocycles. The van der Waals surface area contributed by atoms with Gasteiger partial charge in [-0.05, 0) is 26.0 Å². The lowest BCUT2D eigenvalue weighted by atomic mass is 10.0. The summed E-state index contributed by atoms with van der Waals surface area (Å²) in [5.41, 5.74) is 3.47. The number of hydrogen-bond acceptors (Lipinski definition) is 4. The van der Waals surface area contributed by atoms with Gasteiger partial charge in [0.1, 0.15) is 5.75 Å². The number of aromatic hydroxyl groups is 1. The van der Waals surface area contributed by atoms with Gasteiger partial charge >= 0.3 is 0 Å². The number of carbonyl (C=O) groups excluding carboxylic acids is 2. The van der Waals surface area contributed by atoms with Crippen molar-refractivity contribution < 1.29 is 14.7 Å². The third kappa shape index (κ3) is 4.54. The van der Waals surface area contributed by atoms with Gasteiger partial charge in [-0.3, -0.25) is 9.59 Å². The van der Waals surface area contributed by atoms with Crippen LogP contribution in [-0.2, 0) is 0 Å². The van der Waals surface area contributed by atoms with Gasteiger partial charge in [0.05, 0.1) is 11.4 Å².